The Morgan fingerprint density at radius 2 is 1.74 bits per heavy atom. The Bertz CT molecular complexity index is 939. The smallest absolute Gasteiger partial charge is 0.255 e. The van der Waals surface area contributed by atoms with Crippen molar-refractivity contribution in [1.29, 1.82) is 0 Å². The van der Waals surface area contributed by atoms with Crippen molar-refractivity contribution < 1.29 is 9.59 Å². The highest BCUT2D eigenvalue weighted by atomic mass is 16.1. The summed E-state index contributed by atoms with van der Waals surface area (Å²) in [4.78, 5) is 28.2. The van der Waals surface area contributed by atoms with E-state index in [1.807, 2.05) is 18.2 Å². The third-order valence-electron chi connectivity index (χ3n) is 4.11. The first-order valence-electron chi connectivity index (χ1n) is 8.78. The molecule has 0 fully saturated rings. The van der Waals surface area contributed by atoms with Crippen molar-refractivity contribution in [3.63, 3.8) is 0 Å². The number of amides is 1. The average Bonchev–Trinajstić information content (AvgIpc) is 2.69. The van der Waals surface area contributed by atoms with Crippen LogP contribution in [-0.2, 0) is 6.42 Å². The van der Waals surface area contributed by atoms with Gasteiger partial charge < -0.3 is 10.6 Å². The predicted octanol–water partition coefficient (Wildman–Crippen LogP) is 4.19. The molecule has 3 rings (SSSR count). The number of carbonyl (C=O) groups is 2. The second-order valence-corrected chi connectivity index (χ2v) is 6.18. The summed E-state index contributed by atoms with van der Waals surface area (Å²) in [5.74, 6) is 0.361. The van der Waals surface area contributed by atoms with Gasteiger partial charge in [0, 0.05) is 29.6 Å². The van der Waals surface area contributed by atoms with Gasteiger partial charge in [0.05, 0.1) is 0 Å². The lowest BCUT2D eigenvalue weighted by atomic mass is 10.1. The summed E-state index contributed by atoms with van der Waals surface area (Å²) in [5.41, 5.74) is 2.89. The maximum absolute atomic E-state index is 12.5. The molecule has 0 saturated heterocycles. The van der Waals surface area contributed by atoms with E-state index in [4.69, 9.17) is 0 Å². The van der Waals surface area contributed by atoms with Crippen molar-refractivity contribution in [2.24, 2.45) is 0 Å². The summed E-state index contributed by atoms with van der Waals surface area (Å²) in [7, 11) is 0. The van der Waals surface area contributed by atoms with Gasteiger partial charge in [0.15, 0.2) is 5.78 Å². The van der Waals surface area contributed by atoms with Gasteiger partial charge in [-0.15, -0.1) is 0 Å². The Labute approximate surface area is 158 Å². The summed E-state index contributed by atoms with van der Waals surface area (Å²) in [5, 5.41) is 6.06. The van der Waals surface area contributed by atoms with Crippen LogP contribution in [0.1, 0.15) is 33.2 Å². The normalized spacial score (nSPS) is 10.3. The van der Waals surface area contributed by atoms with Crippen LogP contribution in [0, 0.1) is 0 Å². The summed E-state index contributed by atoms with van der Waals surface area (Å²) >= 11 is 0. The van der Waals surface area contributed by atoms with Crippen molar-refractivity contribution >= 4 is 23.2 Å². The monoisotopic (exact) mass is 359 g/mol. The first kappa shape index (κ1) is 18.3. The molecule has 2 aromatic carbocycles. The first-order valence-corrected chi connectivity index (χ1v) is 8.78. The number of benzene rings is 2. The van der Waals surface area contributed by atoms with E-state index in [0.717, 1.165) is 13.0 Å². The highest BCUT2D eigenvalue weighted by molar-refractivity contribution is 6.05. The van der Waals surface area contributed by atoms with Gasteiger partial charge in [-0.25, -0.2) is 4.98 Å². The van der Waals surface area contributed by atoms with E-state index in [0.29, 0.717) is 22.6 Å². The second-order valence-electron chi connectivity index (χ2n) is 6.18. The van der Waals surface area contributed by atoms with E-state index in [2.05, 4.69) is 27.8 Å². The number of pyridine rings is 1. The summed E-state index contributed by atoms with van der Waals surface area (Å²) in [6.45, 7) is 2.22. The Balaban J connectivity index is 1.61. The number of nitrogens with one attached hydrogen (secondary N) is 2. The molecule has 5 heteroatoms. The van der Waals surface area contributed by atoms with Gasteiger partial charge in [0.1, 0.15) is 5.82 Å². The fourth-order valence-electron chi connectivity index (χ4n) is 2.67. The van der Waals surface area contributed by atoms with E-state index in [9.17, 15) is 9.59 Å². The van der Waals surface area contributed by atoms with E-state index in [1.165, 1.54) is 12.5 Å². The van der Waals surface area contributed by atoms with Gasteiger partial charge in [0.25, 0.3) is 5.91 Å². The third kappa shape index (κ3) is 5.25. The lowest BCUT2D eigenvalue weighted by Crippen LogP contribution is -2.13. The molecule has 0 radical (unpaired) electrons. The molecular weight excluding hydrogens is 338 g/mol. The van der Waals surface area contributed by atoms with Gasteiger partial charge >= 0.3 is 0 Å². The highest BCUT2D eigenvalue weighted by Crippen LogP contribution is 2.14. The molecule has 2 N–H and O–H groups in total. The standard InChI is InChI=1S/C22H21N3O2/c1-16(26)18-8-5-9-20(14-18)25-22(27)19-11-13-24-21(15-19)23-12-10-17-6-3-2-4-7-17/h2-9,11,13-15H,10,12H2,1H3,(H,23,24)(H,25,27). The average molecular weight is 359 g/mol. The molecule has 3 aromatic rings. The molecule has 0 atom stereocenters. The van der Waals surface area contributed by atoms with Gasteiger partial charge in [-0.2, -0.15) is 0 Å². The van der Waals surface area contributed by atoms with E-state index in [1.54, 1.807) is 42.6 Å². The van der Waals surface area contributed by atoms with Crippen LogP contribution in [0.3, 0.4) is 0 Å². The van der Waals surface area contributed by atoms with Crippen molar-refractivity contribution in [2.75, 3.05) is 17.2 Å². The zero-order valence-corrected chi connectivity index (χ0v) is 15.1. The quantitative estimate of drug-likeness (QED) is 0.621. The number of Topliss-reactive ketones (excluding diaryl/α,β-unsaturated/α-hetero) is 1. The first-order chi connectivity index (χ1) is 13.1. The van der Waals surface area contributed by atoms with Gasteiger partial charge in [0.2, 0.25) is 0 Å². The molecule has 0 bridgehead atoms. The number of rotatable bonds is 7. The van der Waals surface area contributed by atoms with Gasteiger partial charge in [-0.05, 0) is 43.2 Å². The molecule has 0 aliphatic carbocycles. The van der Waals surface area contributed by atoms with Crippen molar-refractivity contribution in [3.8, 4) is 0 Å². The minimum absolute atomic E-state index is 0.0417. The minimum Gasteiger partial charge on any atom is -0.370 e. The predicted molar refractivity (Wildman–Crippen MR) is 107 cm³/mol. The molecule has 5 nitrogen and oxygen atoms in total. The largest absolute Gasteiger partial charge is 0.370 e. The molecule has 0 aliphatic heterocycles. The maximum atomic E-state index is 12.5. The van der Waals surface area contributed by atoms with Crippen LogP contribution >= 0.6 is 0 Å². The van der Waals surface area contributed by atoms with Crippen LogP contribution in [0.4, 0.5) is 11.5 Å². The number of carbonyl (C=O) groups excluding carboxylic acids is 2. The number of nitrogens with zero attached hydrogens (tertiary/aromatic N) is 1. The summed E-state index contributed by atoms with van der Waals surface area (Å²) in [6, 6.07) is 20.4. The molecule has 0 aliphatic rings. The Morgan fingerprint density at radius 3 is 2.52 bits per heavy atom. The Morgan fingerprint density at radius 1 is 0.926 bits per heavy atom. The molecule has 1 aromatic heterocycles. The molecule has 27 heavy (non-hydrogen) atoms. The van der Waals surface area contributed by atoms with E-state index >= 15 is 0 Å². The topological polar surface area (TPSA) is 71.1 Å². The third-order valence-corrected chi connectivity index (χ3v) is 4.11. The minimum atomic E-state index is -0.246. The van der Waals surface area contributed by atoms with Gasteiger partial charge in [-0.1, -0.05) is 42.5 Å². The Hall–Kier alpha value is -3.47. The van der Waals surface area contributed by atoms with Crippen LogP contribution in [0.2, 0.25) is 0 Å². The van der Waals surface area contributed by atoms with Crippen molar-refractivity contribution in [2.45, 2.75) is 13.3 Å². The molecule has 0 unspecified atom stereocenters. The summed E-state index contributed by atoms with van der Waals surface area (Å²) < 4.78 is 0. The summed E-state index contributed by atoms with van der Waals surface area (Å²) in [6.07, 6.45) is 2.47. The van der Waals surface area contributed by atoms with E-state index < -0.39 is 0 Å². The highest BCUT2D eigenvalue weighted by Gasteiger charge is 2.09. The maximum Gasteiger partial charge on any atom is 0.255 e. The molecular formula is C22H21N3O2. The van der Waals surface area contributed by atoms with E-state index in [-0.39, 0.29) is 11.7 Å². The van der Waals surface area contributed by atoms with Crippen LogP contribution in [-0.4, -0.2) is 23.2 Å². The molecule has 1 heterocycles. The number of aromatic nitrogens is 1. The fourth-order valence-corrected chi connectivity index (χ4v) is 2.67. The lowest BCUT2D eigenvalue weighted by molar-refractivity contribution is 0.101. The molecule has 0 saturated carbocycles. The van der Waals surface area contributed by atoms with Crippen molar-refractivity contribution in [3.05, 3.63) is 89.6 Å². The molecule has 1 amide bonds. The van der Waals surface area contributed by atoms with Crippen LogP contribution in [0.25, 0.3) is 0 Å². The van der Waals surface area contributed by atoms with Crippen LogP contribution in [0.5, 0.6) is 0 Å². The number of anilines is 2. The number of hydrogen-bond donors (Lipinski definition) is 2. The SMILES string of the molecule is CC(=O)c1cccc(NC(=O)c2ccnc(NCCc3ccccc3)c2)c1. The fraction of sp³-hybridized carbons (Fsp3) is 0.136. The zero-order chi connectivity index (χ0) is 19.1. The number of hydrogen-bond acceptors (Lipinski definition) is 4. The lowest BCUT2D eigenvalue weighted by Gasteiger charge is -2.09. The van der Waals surface area contributed by atoms with Gasteiger partial charge in [-0.3, -0.25) is 9.59 Å². The molecule has 0 spiro atoms. The Kier molecular flexibility index (Phi) is 5.94. The number of ketones is 1. The van der Waals surface area contributed by atoms with Crippen LogP contribution in [0.15, 0.2) is 72.9 Å². The second kappa shape index (κ2) is 8.76. The van der Waals surface area contributed by atoms with Crippen molar-refractivity contribution in [1.82, 2.24) is 4.98 Å². The molecule has 136 valence electrons. The van der Waals surface area contributed by atoms with Crippen LogP contribution < -0.4 is 10.6 Å². The zero-order valence-electron chi connectivity index (χ0n) is 15.1.